The smallest absolute Gasteiger partial charge is 0.115 e. The van der Waals surface area contributed by atoms with Gasteiger partial charge in [-0.1, -0.05) is 15.9 Å². The van der Waals surface area contributed by atoms with Crippen LogP contribution in [0.2, 0.25) is 0 Å². The summed E-state index contributed by atoms with van der Waals surface area (Å²) in [7, 11) is 0. The highest BCUT2D eigenvalue weighted by atomic mass is 79.9. The maximum absolute atomic E-state index is 4.34. The van der Waals surface area contributed by atoms with E-state index in [4.69, 9.17) is 0 Å². The van der Waals surface area contributed by atoms with E-state index in [-0.39, 0.29) is 6.04 Å². The molecular weight excluding hydrogens is 296 g/mol. The summed E-state index contributed by atoms with van der Waals surface area (Å²) in [6.07, 6.45) is 1.85. The molecule has 1 unspecified atom stereocenters. The van der Waals surface area contributed by atoms with Crippen LogP contribution in [0.15, 0.2) is 28.2 Å². The number of anilines is 1. The molecule has 17 heavy (non-hydrogen) atoms. The second kappa shape index (κ2) is 5.19. The topological polar surface area (TPSA) is 24.9 Å². The molecule has 0 spiro atoms. The Kier molecular flexibility index (Phi) is 3.84. The van der Waals surface area contributed by atoms with Crippen LogP contribution in [0.3, 0.4) is 0 Å². The fourth-order valence-corrected chi connectivity index (χ4v) is 3.20. The summed E-state index contributed by atoms with van der Waals surface area (Å²) < 4.78 is 1.12. The molecule has 0 radical (unpaired) electrons. The number of thiazole rings is 1. The maximum Gasteiger partial charge on any atom is 0.115 e. The quantitative estimate of drug-likeness (QED) is 0.889. The summed E-state index contributed by atoms with van der Waals surface area (Å²) in [5, 5.41) is 6.66. The van der Waals surface area contributed by atoms with Gasteiger partial charge in [0.25, 0.3) is 0 Å². The summed E-state index contributed by atoms with van der Waals surface area (Å²) in [5.74, 6) is 0. The molecule has 0 bridgehead atoms. The average Bonchev–Trinajstić information content (AvgIpc) is 2.76. The summed E-state index contributed by atoms with van der Waals surface area (Å²) in [5.41, 5.74) is 3.71. The van der Waals surface area contributed by atoms with Crippen LogP contribution in [0.4, 0.5) is 5.69 Å². The van der Waals surface area contributed by atoms with Crippen molar-refractivity contribution in [3.8, 4) is 0 Å². The Bertz CT molecular complexity index is 485. The molecule has 0 aliphatic rings. The highest BCUT2D eigenvalue weighted by molar-refractivity contribution is 9.10. The van der Waals surface area contributed by atoms with Gasteiger partial charge in [-0.25, -0.2) is 4.98 Å². The molecule has 4 heteroatoms. The Hall–Kier alpha value is -0.870. The van der Waals surface area contributed by atoms with Crippen LogP contribution >= 0.6 is 27.3 Å². The SMILES string of the molecule is Cc1cc(Br)cc(C)c1NC(C)c1nccs1. The van der Waals surface area contributed by atoms with Crippen LogP contribution in [0, 0.1) is 13.8 Å². The van der Waals surface area contributed by atoms with Gasteiger partial charge < -0.3 is 5.32 Å². The molecule has 2 aromatic rings. The molecule has 2 nitrogen and oxygen atoms in total. The average molecular weight is 311 g/mol. The molecule has 0 fully saturated rings. The summed E-state index contributed by atoms with van der Waals surface area (Å²) in [4.78, 5) is 4.34. The van der Waals surface area contributed by atoms with Crippen LogP contribution in [-0.2, 0) is 0 Å². The second-order valence-corrected chi connectivity index (χ2v) is 5.99. The lowest BCUT2D eigenvalue weighted by Crippen LogP contribution is -2.08. The van der Waals surface area contributed by atoms with E-state index in [0.29, 0.717) is 0 Å². The van der Waals surface area contributed by atoms with E-state index in [1.165, 1.54) is 16.8 Å². The Morgan fingerprint density at radius 2 is 1.94 bits per heavy atom. The van der Waals surface area contributed by atoms with Crippen molar-refractivity contribution in [2.75, 3.05) is 5.32 Å². The van der Waals surface area contributed by atoms with Gasteiger partial charge in [-0.05, 0) is 44.0 Å². The van der Waals surface area contributed by atoms with Crippen molar-refractivity contribution in [2.24, 2.45) is 0 Å². The lowest BCUT2D eigenvalue weighted by Gasteiger charge is -2.17. The van der Waals surface area contributed by atoms with Crippen LogP contribution in [0.25, 0.3) is 0 Å². The molecule has 0 amide bonds. The summed E-state index contributed by atoms with van der Waals surface area (Å²) in [6, 6.07) is 4.50. The number of halogens is 1. The number of nitrogens with one attached hydrogen (secondary N) is 1. The summed E-state index contributed by atoms with van der Waals surface area (Å²) in [6.45, 7) is 6.38. The van der Waals surface area contributed by atoms with E-state index < -0.39 is 0 Å². The monoisotopic (exact) mass is 310 g/mol. The van der Waals surface area contributed by atoms with Crippen molar-refractivity contribution in [2.45, 2.75) is 26.8 Å². The number of benzene rings is 1. The molecule has 1 aromatic carbocycles. The number of hydrogen-bond acceptors (Lipinski definition) is 3. The molecule has 1 heterocycles. The molecular formula is C13H15BrN2S. The third-order valence-corrected chi connectivity index (χ3v) is 4.10. The second-order valence-electron chi connectivity index (χ2n) is 4.15. The first kappa shape index (κ1) is 12.6. The molecule has 1 atom stereocenters. The molecule has 0 aliphatic carbocycles. The standard InChI is InChI=1S/C13H15BrN2S/c1-8-6-11(14)7-9(2)12(8)16-10(3)13-15-4-5-17-13/h4-7,10,16H,1-3H3. The minimum Gasteiger partial charge on any atom is -0.376 e. The van der Waals surface area contributed by atoms with Gasteiger partial charge in [-0.3, -0.25) is 0 Å². The van der Waals surface area contributed by atoms with Gasteiger partial charge in [0.2, 0.25) is 0 Å². The van der Waals surface area contributed by atoms with Crippen LogP contribution < -0.4 is 5.32 Å². The first-order valence-electron chi connectivity index (χ1n) is 5.50. The van der Waals surface area contributed by atoms with Crippen molar-refractivity contribution in [3.05, 3.63) is 44.3 Å². The molecule has 1 N–H and O–H groups in total. The zero-order valence-electron chi connectivity index (χ0n) is 10.1. The number of aryl methyl sites for hydroxylation is 2. The van der Waals surface area contributed by atoms with Crippen molar-refractivity contribution in [1.82, 2.24) is 4.98 Å². The highest BCUT2D eigenvalue weighted by Gasteiger charge is 2.11. The third kappa shape index (κ3) is 2.87. The molecule has 0 aliphatic heterocycles. The third-order valence-electron chi connectivity index (χ3n) is 2.68. The van der Waals surface area contributed by atoms with Gasteiger partial charge in [0, 0.05) is 21.7 Å². The van der Waals surface area contributed by atoms with E-state index in [9.17, 15) is 0 Å². The van der Waals surface area contributed by atoms with Gasteiger partial charge in [0.05, 0.1) is 6.04 Å². The van der Waals surface area contributed by atoms with Crippen molar-refractivity contribution < 1.29 is 0 Å². The highest BCUT2D eigenvalue weighted by Crippen LogP contribution is 2.29. The van der Waals surface area contributed by atoms with E-state index in [1.807, 2.05) is 11.6 Å². The van der Waals surface area contributed by atoms with Gasteiger partial charge >= 0.3 is 0 Å². The number of rotatable bonds is 3. The maximum atomic E-state index is 4.34. The predicted octanol–water partition coefficient (Wildman–Crippen LogP) is 4.70. The first-order chi connectivity index (χ1) is 8.08. The molecule has 1 aromatic heterocycles. The molecule has 0 saturated carbocycles. The Balaban J connectivity index is 2.25. The number of hydrogen-bond donors (Lipinski definition) is 1. The van der Waals surface area contributed by atoms with Crippen molar-refractivity contribution in [3.63, 3.8) is 0 Å². The lowest BCUT2D eigenvalue weighted by molar-refractivity contribution is 0.865. The summed E-state index contributed by atoms with van der Waals surface area (Å²) >= 11 is 5.20. The van der Waals surface area contributed by atoms with E-state index in [0.717, 1.165) is 9.48 Å². The fourth-order valence-electron chi connectivity index (χ4n) is 1.86. The largest absolute Gasteiger partial charge is 0.376 e. The fraction of sp³-hybridized carbons (Fsp3) is 0.308. The zero-order chi connectivity index (χ0) is 12.4. The zero-order valence-corrected chi connectivity index (χ0v) is 12.5. The molecule has 90 valence electrons. The Morgan fingerprint density at radius 1 is 1.29 bits per heavy atom. The van der Waals surface area contributed by atoms with Gasteiger partial charge in [0.15, 0.2) is 0 Å². The normalized spacial score (nSPS) is 12.5. The van der Waals surface area contributed by atoms with Crippen LogP contribution in [0.1, 0.15) is 29.1 Å². The number of aromatic nitrogens is 1. The van der Waals surface area contributed by atoms with Crippen molar-refractivity contribution in [1.29, 1.82) is 0 Å². The van der Waals surface area contributed by atoms with Gasteiger partial charge in [-0.15, -0.1) is 11.3 Å². The van der Waals surface area contributed by atoms with Crippen molar-refractivity contribution >= 4 is 33.0 Å². The van der Waals surface area contributed by atoms with E-state index in [2.05, 4.69) is 59.1 Å². The molecule has 2 rings (SSSR count). The Morgan fingerprint density at radius 3 is 2.47 bits per heavy atom. The number of nitrogens with zero attached hydrogens (tertiary/aromatic N) is 1. The molecule has 0 saturated heterocycles. The van der Waals surface area contributed by atoms with E-state index in [1.54, 1.807) is 11.3 Å². The van der Waals surface area contributed by atoms with E-state index >= 15 is 0 Å². The van der Waals surface area contributed by atoms with Gasteiger partial charge in [-0.2, -0.15) is 0 Å². The minimum absolute atomic E-state index is 0.244. The minimum atomic E-state index is 0.244. The predicted molar refractivity (Wildman–Crippen MR) is 77.8 cm³/mol. The van der Waals surface area contributed by atoms with Crippen LogP contribution in [0.5, 0.6) is 0 Å². The Labute approximate surface area is 114 Å². The lowest BCUT2D eigenvalue weighted by atomic mass is 10.1. The van der Waals surface area contributed by atoms with Crippen LogP contribution in [-0.4, -0.2) is 4.98 Å². The first-order valence-corrected chi connectivity index (χ1v) is 7.18. The van der Waals surface area contributed by atoms with Gasteiger partial charge in [0.1, 0.15) is 5.01 Å².